The van der Waals surface area contributed by atoms with Crippen LogP contribution in [-0.4, -0.2) is 42.7 Å². The molecule has 1 aliphatic carbocycles. The summed E-state index contributed by atoms with van der Waals surface area (Å²) in [6, 6.07) is 0.645. The van der Waals surface area contributed by atoms with Crippen molar-refractivity contribution >= 4 is 0 Å². The van der Waals surface area contributed by atoms with E-state index in [-0.39, 0.29) is 5.54 Å². The largest absolute Gasteiger partial charge is 0.329 e. The van der Waals surface area contributed by atoms with E-state index >= 15 is 0 Å². The van der Waals surface area contributed by atoms with Gasteiger partial charge in [0.2, 0.25) is 0 Å². The molecule has 0 aromatic heterocycles. The van der Waals surface area contributed by atoms with Gasteiger partial charge in [0.15, 0.2) is 0 Å². The van der Waals surface area contributed by atoms with Gasteiger partial charge in [-0.2, -0.15) is 0 Å². The van der Waals surface area contributed by atoms with Crippen LogP contribution in [-0.2, 0) is 0 Å². The van der Waals surface area contributed by atoms with Crippen LogP contribution in [0.4, 0.5) is 0 Å². The molecule has 100 valence electrons. The van der Waals surface area contributed by atoms with Crippen LogP contribution < -0.4 is 11.1 Å². The van der Waals surface area contributed by atoms with E-state index < -0.39 is 0 Å². The lowest BCUT2D eigenvalue weighted by molar-refractivity contribution is 0.235. The summed E-state index contributed by atoms with van der Waals surface area (Å²) in [4.78, 5) is 2.54. The molecule has 2 aliphatic rings. The first-order chi connectivity index (χ1) is 8.06. The molecule has 1 saturated carbocycles. The first kappa shape index (κ1) is 13.3. The predicted molar refractivity (Wildman–Crippen MR) is 73.0 cm³/mol. The molecule has 2 unspecified atom stereocenters. The molecule has 2 rings (SSSR count). The third-order valence-corrected chi connectivity index (χ3v) is 4.73. The van der Waals surface area contributed by atoms with Gasteiger partial charge in [0.1, 0.15) is 0 Å². The standard InChI is InChI=1S/C14H29N3/c1-11(2)17-7-6-14(9-15,10-17)16-8-12(3)13-4-5-13/h11-13,16H,4-10,15H2,1-3H3. The maximum absolute atomic E-state index is 6.02. The van der Waals surface area contributed by atoms with Gasteiger partial charge in [0.25, 0.3) is 0 Å². The van der Waals surface area contributed by atoms with E-state index in [1.165, 1.54) is 25.8 Å². The Hall–Kier alpha value is -0.120. The Morgan fingerprint density at radius 3 is 2.53 bits per heavy atom. The summed E-state index contributed by atoms with van der Waals surface area (Å²) in [5.74, 6) is 1.81. The van der Waals surface area contributed by atoms with Crippen molar-refractivity contribution in [2.24, 2.45) is 17.6 Å². The van der Waals surface area contributed by atoms with E-state index in [0.29, 0.717) is 6.04 Å². The van der Waals surface area contributed by atoms with Gasteiger partial charge in [-0.1, -0.05) is 6.92 Å². The minimum Gasteiger partial charge on any atom is -0.329 e. The van der Waals surface area contributed by atoms with Gasteiger partial charge >= 0.3 is 0 Å². The van der Waals surface area contributed by atoms with Gasteiger partial charge in [-0.15, -0.1) is 0 Å². The van der Waals surface area contributed by atoms with Crippen LogP contribution in [0.15, 0.2) is 0 Å². The zero-order valence-electron chi connectivity index (χ0n) is 11.7. The average Bonchev–Trinajstić information content (AvgIpc) is 3.07. The van der Waals surface area contributed by atoms with E-state index in [1.807, 2.05) is 0 Å². The summed E-state index contributed by atoms with van der Waals surface area (Å²) in [5.41, 5.74) is 6.21. The van der Waals surface area contributed by atoms with Crippen molar-refractivity contribution in [2.75, 3.05) is 26.2 Å². The van der Waals surface area contributed by atoms with Gasteiger partial charge in [-0.05, 0) is 51.5 Å². The van der Waals surface area contributed by atoms with E-state index in [9.17, 15) is 0 Å². The minimum atomic E-state index is 0.188. The highest BCUT2D eigenvalue weighted by molar-refractivity contribution is 4.99. The van der Waals surface area contributed by atoms with Crippen LogP contribution in [0.25, 0.3) is 0 Å². The first-order valence-corrected chi connectivity index (χ1v) is 7.25. The van der Waals surface area contributed by atoms with Crippen molar-refractivity contribution in [3.8, 4) is 0 Å². The minimum absolute atomic E-state index is 0.188. The van der Waals surface area contributed by atoms with Gasteiger partial charge in [-0.3, -0.25) is 4.90 Å². The quantitative estimate of drug-likeness (QED) is 0.737. The highest BCUT2D eigenvalue weighted by Gasteiger charge is 2.38. The normalized spacial score (nSPS) is 32.3. The molecular formula is C14H29N3. The number of hydrogen-bond acceptors (Lipinski definition) is 3. The Morgan fingerprint density at radius 1 is 1.35 bits per heavy atom. The van der Waals surface area contributed by atoms with E-state index in [1.54, 1.807) is 0 Å². The third kappa shape index (κ3) is 3.21. The zero-order chi connectivity index (χ0) is 12.5. The van der Waals surface area contributed by atoms with E-state index in [4.69, 9.17) is 5.73 Å². The highest BCUT2D eigenvalue weighted by atomic mass is 15.2. The first-order valence-electron chi connectivity index (χ1n) is 7.25. The molecule has 1 aliphatic heterocycles. The van der Waals surface area contributed by atoms with Gasteiger partial charge in [0, 0.05) is 31.2 Å². The molecule has 0 aromatic carbocycles. The Labute approximate surface area is 106 Å². The van der Waals surface area contributed by atoms with Gasteiger partial charge in [0.05, 0.1) is 0 Å². The fourth-order valence-corrected chi connectivity index (χ4v) is 2.94. The monoisotopic (exact) mass is 239 g/mol. The number of hydrogen-bond donors (Lipinski definition) is 2. The number of likely N-dealkylation sites (tertiary alicyclic amines) is 1. The molecule has 17 heavy (non-hydrogen) atoms. The topological polar surface area (TPSA) is 41.3 Å². The lowest BCUT2D eigenvalue weighted by atomic mass is 9.96. The molecule has 3 heteroatoms. The van der Waals surface area contributed by atoms with Crippen molar-refractivity contribution in [3.63, 3.8) is 0 Å². The molecule has 0 radical (unpaired) electrons. The highest BCUT2D eigenvalue weighted by Crippen LogP contribution is 2.36. The summed E-state index contributed by atoms with van der Waals surface area (Å²) in [5, 5.41) is 3.78. The molecular weight excluding hydrogens is 210 g/mol. The number of nitrogens with zero attached hydrogens (tertiary/aromatic N) is 1. The number of rotatable bonds is 6. The predicted octanol–water partition coefficient (Wildman–Crippen LogP) is 1.43. The Balaban J connectivity index is 1.82. The second-order valence-electron chi connectivity index (χ2n) is 6.49. The van der Waals surface area contributed by atoms with Crippen molar-refractivity contribution in [1.82, 2.24) is 10.2 Å². The molecule has 2 atom stereocenters. The second kappa shape index (κ2) is 5.25. The van der Waals surface area contributed by atoms with Crippen LogP contribution in [0.5, 0.6) is 0 Å². The average molecular weight is 239 g/mol. The summed E-state index contributed by atoms with van der Waals surface area (Å²) in [6.07, 6.45) is 4.09. The molecule has 0 spiro atoms. The maximum Gasteiger partial charge on any atom is 0.0445 e. The zero-order valence-corrected chi connectivity index (χ0v) is 11.7. The van der Waals surface area contributed by atoms with Gasteiger partial charge < -0.3 is 11.1 Å². The van der Waals surface area contributed by atoms with Crippen LogP contribution in [0.2, 0.25) is 0 Å². The fourth-order valence-electron chi connectivity index (χ4n) is 2.94. The molecule has 1 heterocycles. The maximum atomic E-state index is 6.02. The van der Waals surface area contributed by atoms with Gasteiger partial charge in [-0.25, -0.2) is 0 Å². The van der Waals surface area contributed by atoms with Crippen molar-refractivity contribution in [2.45, 2.75) is 51.6 Å². The van der Waals surface area contributed by atoms with Crippen molar-refractivity contribution in [3.05, 3.63) is 0 Å². The number of nitrogens with two attached hydrogens (primary N) is 1. The Kier molecular flexibility index (Phi) is 4.11. The second-order valence-corrected chi connectivity index (χ2v) is 6.49. The Morgan fingerprint density at radius 2 is 2.06 bits per heavy atom. The summed E-state index contributed by atoms with van der Waals surface area (Å²) in [6.45, 7) is 11.2. The number of nitrogens with one attached hydrogen (secondary N) is 1. The molecule has 0 aromatic rings. The Bertz CT molecular complexity index is 250. The lowest BCUT2D eigenvalue weighted by Crippen LogP contribution is -2.54. The van der Waals surface area contributed by atoms with Crippen LogP contribution >= 0.6 is 0 Å². The smallest absolute Gasteiger partial charge is 0.0445 e. The molecule has 1 saturated heterocycles. The van der Waals surface area contributed by atoms with Crippen molar-refractivity contribution < 1.29 is 0 Å². The molecule has 2 fully saturated rings. The van der Waals surface area contributed by atoms with Crippen molar-refractivity contribution in [1.29, 1.82) is 0 Å². The van der Waals surface area contributed by atoms with Crippen LogP contribution in [0.1, 0.15) is 40.0 Å². The summed E-state index contributed by atoms with van der Waals surface area (Å²) < 4.78 is 0. The lowest BCUT2D eigenvalue weighted by Gasteiger charge is -2.32. The summed E-state index contributed by atoms with van der Waals surface area (Å²) in [7, 11) is 0. The molecule has 3 nitrogen and oxygen atoms in total. The molecule has 3 N–H and O–H groups in total. The van der Waals surface area contributed by atoms with Crippen LogP contribution in [0.3, 0.4) is 0 Å². The van der Waals surface area contributed by atoms with E-state index in [0.717, 1.165) is 31.5 Å². The summed E-state index contributed by atoms with van der Waals surface area (Å²) >= 11 is 0. The third-order valence-electron chi connectivity index (χ3n) is 4.73. The molecule has 0 amide bonds. The van der Waals surface area contributed by atoms with Crippen LogP contribution in [0, 0.1) is 11.8 Å². The van der Waals surface area contributed by atoms with E-state index in [2.05, 4.69) is 31.0 Å². The fraction of sp³-hybridized carbons (Fsp3) is 1.00. The SMILES string of the molecule is CC(CNC1(CN)CCN(C(C)C)C1)C1CC1. The molecule has 0 bridgehead atoms.